The van der Waals surface area contributed by atoms with Crippen LogP contribution in [0.25, 0.3) is 0 Å². The zero-order valence-electron chi connectivity index (χ0n) is 15.8. The Morgan fingerprint density at radius 3 is 2.62 bits per heavy atom. The van der Waals surface area contributed by atoms with Crippen molar-refractivity contribution in [2.75, 3.05) is 11.9 Å². The van der Waals surface area contributed by atoms with Crippen molar-refractivity contribution < 1.29 is 17.6 Å². The normalized spacial score (nSPS) is 17.9. The molecular weight excluding hydrogens is 438 g/mol. The molecule has 156 valence electrons. The number of benzene rings is 2. The number of piperidine rings is 1. The Bertz CT molecular complexity index is 1030. The summed E-state index contributed by atoms with van der Waals surface area (Å²) < 4.78 is 42.0. The zero-order chi connectivity index (χ0) is 21.2. The Kier molecular flexibility index (Phi) is 6.83. The highest BCUT2D eigenvalue weighted by atomic mass is 35.5. The van der Waals surface area contributed by atoms with Gasteiger partial charge in [0.2, 0.25) is 10.0 Å². The van der Waals surface area contributed by atoms with E-state index in [4.69, 9.17) is 23.2 Å². The fraction of sp³-hybridized carbons (Fsp3) is 0.350. The molecular formula is C20H21Cl2FN2O3S. The van der Waals surface area contributed by atoms with Crippen molar-refractivity contribution in [3.63, 3.8) is 0 Å². The molecule has 1 saturated heterocycles. The number of hydrogen-bond donors (Lipinski definition) is 1. The molecule has 29 heavy (non-hydrogen) atoms. The monoisotopic (exact) mass is 458 g/mol. The Morgan fingerprint density at radius 1 is 1.17 bits per heavy atom. The summed E-state index contributed by atoms with van der Waals surface area (Å²) in [6.07, 6.45) is 3.25. The quantitative estimate of drug-likeness (QED) is 0.657. The van der Waals surface area contributed by atoms with Crippen LogP contribution in [0.5, 0.6) is 0 Å². The molecule has 0 aromatic heterocycles. The van der Waals surface area contributed by atoms with Gasteiger partial charge < -0.3 is 5.32 Å². The van der Waals surface area contributed by atoms with Gasteiger partial charge in [-0.1, -0.05) is 36.5 Å². The molecule has 0 bridgehead atoms. The molecule has 2 aromatic carbocycles. The number of halogens is 3. The van der Waals surface area contributed by atoms with Crippen LogP contribution in [0.1, 0.15) is 43.0 Å². The maximum atomic E-state index is 14.3. The minimum Gasteiger partial charge on any atom is -0.322 e. The Labute approximate surface area is 179 Å². The van der Waals surface area contributed by atoms with Crippen molar-refractivity contribution in [3.8, 4) is 0 Å². The lowest BCUT2D eigenvalue weighted by Crippen LogP contribution is -2.43. The van der Waals surface area contributed by atoms with Crippen LogP contribution in [0, 0.1) is 5.82 Å². The van der Waals surface area contributed by atoms with Gasteiger partial charge >= 0.3 is 0 Å². The topological polar surface area (TPSA) is 66.5 Å². The molecule has 0 radical (unpaired) electrons. The van der Waals surface area contributed by atoms with Crippen molar-refractivity contribution in [3.05, 3.63) is 57.8 Å². The van der Waals surface area contributed by atoms with Crippen molar-refractivity contribution in [1.82, 2.24) is 4.31 Å². The second-order valence-electron chi connectivity index (χ2n) is 6.90. The first-order valence-corrected chi connectivity index (χ1v) is 11.5. The van der Waals surface area contributed by atoms with E-state index < -0.39 is 21.7 Å². The maximum Gasteiger partial charge on any atom is 0.258 e. The summed E-state index contributed by atoms with van der Waals surface area (Å²) in [6, 6.07) is 7.64. The van der Waals surface area contributed by atoms with Gasteiger partial charge in [0.05, 0.1) is 20.5 Å². The molecule has 0 saturated carbocycles. The molecule has 5 nitrogen and oxygen atoms in total. The van der Waals surface area contributed by atoms with E-state index in [-0.39, 0.29) is 21.5 Å². The second-order valence-corrected chi connectivity index (χ2v) is 9.60. The smallest absolute Gasteiger partial charge is 0.258 e. The highest BCUT2D eigenvalue weighted by molar-refractivity contribution is 7.89. The van der Waals surface area contributed by atoms with Gasteiger partial charge in [-0.05, 0) is 55.7 Å². The zero-order valence-corrected chi connectivity index (χ0v) is 18.1. The predicted molar refractivity (Wildman–Crippen MR) is 113 cm³/mol. The predicted octanol–water partition coefficient (Wildman–Crippen LogP) is 5.34. The summed E-state index contributed by atoms with van der Waals surface area (Å²) in [4.78, 5) is 12.5. The number of carbonyl (C=O) groups excluding carboxylic acids is 1. The van der Waals surface area contributed by atoms with Crippen molar-refractivity contribution in [2.45, 2.75) is 43.5 Å². The minimum absolute atomic E-state index is 0.0905. The van der Waals surface area contributed by atoms with E-state index >= 15 is 0 Å². The van der Waals surface area contributed by atoms with E-state index in [1.165, 1.54) is 28.6 Å². The lowest BCUT2D eigenvalue weighted by molar-refractivity contribution is 0.102. The van der Waals surface area contributed by atoms with E-state index in [2.05, 4.69) is 5.32 Å². The Morgan fingerprint density at radius 2 is 1.93 bits per heavy atom. The van der Waals surface area contributed by atoms with E-state index in [1.54, 1.807) is 0 Å². The molecule has 1 aliphatic rings. The summed E-state index contributed by atoms with van der Waals surface area (Å²) in [7, 11) is -3.83. The number of hydrogen-bond acceptors (Lipinski definition) is 3. The third-order valence-electron chi connectivity index (χ3n) is 5.01. The third-order valence-corrected chi connectivity index (χ3v) is 7.70. The van der Waals surface area contributed by atoms with Gasteiger partial charge in [-0.2, -0.15) is 4.31 Å². The lowest BCUT2D eigenvalue weighted by Gasteiger charge is -2.34. The third kappa shape index (κ3) is 4.74. The fourth-order valence-electron chi connectivity index (χ4n) is 3.44. The number of rotatable bonds is 5. The minimum atomic E-state index is -3.83. The van der Waals surface area contributed by atoms with Crippen LogP contribution in [0.4, 0.5) is 10.1 Å². The highest BCUT2D eigenvalue weighted by Crippen LogP contribution is 2.29. The fourth-order valence-corrected chi connectivity index (χ4v) is 5.54. The summed E-state index contributed by atoms with van der Waals surface area (Å²) in [6.45, 7) is 2.36. The standard InChI is InChI=1S/C20H21Cl2FN2O3S/c1-2-14-5-3-4-10-25(14)29(27,28)15-7-9-19(23)16(12-15)20(26)24-13-6-8-17(21)18(22)11-13/h6-9,11-12,14H,2-5,10H2,1H3,(H,24,26)/t14-/m1/s1. The lowest BCUT2D eigenvalue weighted by atomic mass is 10.0. The van der Waals surface area contributed by atoms with E-state index in [0.717, 1.165) is 31.4 Å². The molecule has 0 spiro atoms. The first-order valence-electron chi connectivity index (χ1n) is 9.32. The van der Waals surface area contributed by atoms with Gasteiger partial charge in [0.1, 0.15) is 5.82 Å². The average molecular weight is 459 g/mol. The SMILES string of the molecule is CC[C@@H]1CCCCN1S(=O)(=O)c1ccc(F)c(C(=O)Nc2ccc(Cl)c(Cl)c2)c1. The summed E-state index contributed by atoms with van der Waals surface area (Å²) >= 11 is 11.8. The number of nitrogens with one attached hydrogen (secondary N) is 1. The van der Waals surface area contributed by atoms with E-state index in [9.17, 15) is 17.6 Å². The second kappa shape index (κ2) is 9.00. The van der Waals surface area contributed by atoms with Crippen molar-refractivity contribution >= 4 is 44.8 Å². The molecule has 1 aliphatic heterocycles. The first kappa shape index (κ1) is 22.0. The van der Waals surface area contributed by atoms with Gasteiger partial charge in [0.25, 0.3) is 5.91 Å². The largest absolute Gasteiger partial charge is 0.322 e. The van der Waals surface area contributed by atoms with E-state index in [0.29, 0.717) is 23.7 Å². The number of carbonyl (C=O) groups is 1. The first-order chi connectivity index (χ1) is 13.7. The molecule has 1 amide bonds. The van der Waals surface area contributed by atoms with Crippen LogP contribution in [0.2, 0.25) is 10.0 Å². The van der Waals surface area contributed by atoms with Gasteiger partial charge in [-0.15, -0.1) is 0 Å². The molecule has 2 aromatic rings. The molecule has 3 rings (SSSR count). The summed E-state index contributed by atoms with van der Waals surface area (Å²) in [5.41, 5.74) is -0.0404. The Balaban J connectivity index is 1.90. The van der Waals surface area contributed by atoms with Crippen LogP contribution in [0.15, 0.2) is 41.3 Å². The van der Waals surface area contributed by atoms with Crippen LogP contribution < -0.4 is 5.32 Å². The molecule has 1 heterocycles. The van der Waals surface area contributed by atoms with Crippen LogP contribution >= 0.6 is 23.2 Å². The van der Waals surface area contributed by atoms with Crippen LogP contribution in [-0.4, -0.2) is 31.2 Å². The summed E-state index contributed by atoms with van der Waals surface area (Å²) in [5, 5.41) is 3.06. The Hall–Kier alpha value is -1.67. The van der Waals surface area contributed by atoms with Crippen molar-refractivity contribution in [2.24, 2.45) is 0 Å². The molecule has 1 N–H and O–H groups in total. The van der Waals surface area contributed by atoms with Crippen LogP contribution in [-0.2, 0) is 10.0 Å². The molecule has 0 aliphatic carbocycles. The number of amides is 1. The summed E-state index contributed by atoms with van der Waals surface area (Å²) in [5.74, 6) is -1.59. The van der Waals surface area contributed by atoms with Gasteiger partial charge in [0, 0.05) is 18.3 Å². The van der Waals surface area contributed by atoms with Gasteiger partial charge in [-0.25, -0.2) is 12.8 Å². The van der Waals surface area contributed by atoms with Gasteiger partial charge in [-0.3, -0.25) is 4.79 Å². The molecule has 0 unspecified atom stereocenters. The highest BCUT2D eigenvalue weighted by Gasteiger charge is 2.33. The number of sulfonamides is 1. The van der Waals surface area contributed by atoms with Gasteiger partial charge in [0.15, 0.2) is 0 Å². The average Bonchev–Trinajstić information content (AvgIpc) is 2.70. The van der Waals surface area contributed by atoms with Crippen molar-refractivity contribution in [1.29, 1.82) is 0 Å². The molecule has 1 atom stereocenters. The van der Waals surface area contributed by atoms with Crippen LogP contribution in [0.3, 0.4) is 0 Å². The van der Waals surface area contributed by atoms with E-state index in [1.807, 2.05) is 6.92 Å². The molecule has 1 fully saturated rings. The number of nitrogens with zero attached hydrogens (tertiary/aromatic N) is 1. The molecule has 9 heteroatoms. The maximum absolute atomic E-state index is 14.3. The number of anilines is 1.